The normalized spacial score (nSPS) is 13.5. The van der Waals surface area contributed by atoms with E-state index in [0.717, 1.165) is 37.0 Å². The van der Waals surface area contributed by atoms with Crippen LogP contribution in [-0.4, -0.2) is 27.3 Å². The molecule has 0 saturated carbocycles. The highest BCUT2D eigenvalue weighted by Crippen LogP contribution is 2.24. The Morgan fingerprint density at radius 1 is 1.00 bits per heavy atom. The van der Waals surface area contributed by atoms with Crippen LogP contribution >= 0.6 is 0 Å². The van der Waals surface area contributed by atoms with Crippen LogP contribution in [0.25, 0.3) is 0 Å². The molecule has 6 nitrogen and oxygen atoms in total. The van der Waals surface area contributed by atoms with E-state index in [1.807, 2.05) is 74.2 Å². The molecule has 0 N–H and O–H groups in total. The fraction of sp³-hybridized carbons (Fsp3) is 0.588. The van der Waals surface area contributed by atoms with Crippen LogP contribution in [0, 0.1) is 5.41 Å². The first-order chi connectivity index (χ1) is 19.0. The minimum absolute atomic E-state index is 0.0492. The quantitative estimate of drug-likeness (QED) is 0.176. The molecule has 0 aliphatic heterocycles. The fourth-order valence-electron chi connectivity index (χ4n) is 4.23. The van der Waals surface area contributed by atoms with Crippen molar-refractivity contribution in [3.8, 4) is 5.75 Å². The van der Waals surface area contributed by atoms with E-state index >= 15 is 0 Å². The second-order valence-corrected chi connectivity index (χ2v) is 11.2. The van der Waals surface area contributed by atoms with Gasteiger partial charge in [0.1, 0.15) is 5.75 Å². The number of rotatable bonds is 14. The highest BCUT2D eigenvalue weighted by atomic mass is 16.6. The number of hydrogen-bond donors (Lipinski definition) is 0. The molecule has 6 heteroatoms. The number of ether oxygens (including phenoxy) is 2. The molecular weight excluding hydrogens is 500 g/mol. The van der Waals surface area contributed by atoms with Crippen LogP contribution in [-0.2, 0) is 35.5 Å². The standard InChI is InChI=1S/C32H48N2O4.C2H6/c1-9-25(16-14-22-31(5,6)7)23-33-24-27(34(11-3)30(33)36)17-13-15-26-18-20-28(21-19-26)38-32(8,10-2)29(35)37-12-4;1-2/h9,14,16,18-21,24H,10-13,15,17,22-23H2,1-8H3;1-2H3/b16-14-,25-9+;. The molecule has 1 unspecified atom stereocenters. The third-order valence-corrected chi connectivity index (χ3v) is 6.78. The average Bonchev–Trinajstić information content (AvgIpc) is 3.23. The Kier molecular flexibility index (Phi) is 14.8. The minimum atomic E-state index is -0.996. The van der Waals surface area contributed by atoms with Crippen molar-refractivity contribution in [3.63, 3.8) is 0 Å². The summed E-state index contributed by atoms with van der Waals surface area (Å²) in [6.07, 6.45) is 12.6. The molecular formula is C34H54N2O4. The van der Waals surface area contributed by atoms with Crippen molar-refractivity contribution in [3.05, 3.63) is 76.0 Å². The molecule has 0 bridgehead atoms. The number of aryl methyl sites for hydroxylation is 2. The summed E-state index contributed by atoms with van der Waals surface area (Å²) in [5.74, 6) is 0.308. The molecule has 40 heavy (non-hydrogen) atoms. The maximum atomic E-state index is 13.0. The average molecular weight is 555 g/mol. The molecule has 0 aliphatic rings. The van der Waals surface area contributed by atoms with Crippen LogP contribution in [0.3, 0.4) is 0 Å². The smallest absolute Gasteiger partial charge is 0.350 e. The lowest BCUT2D eigenvalue weighted by atomic mass is 9.92. The molecule has 224 valence electrons. The van der Waals surface area contributed by atoms with Crippen molar-refractivity contribution >= 4 is 5.97 Å². The summed E-state index contributed by atoms with van der Waals surface area (Å²) in [5.41, 5.74) is 2.70. The zero-order valence-electron chi connectivity index (χ0n) is 26.8. The molecule has 0 amide bonds. The second kappa shape index (κ2) is 16.9. The van der Waals surface area contributed by atoms with Gasteiger partial charge in [-0.25, -0.2) is 9.59 Å². The summed E-state index contributed by atoms with van der Waals surface area (Å²) in [4.78, 5) is 25.3. The summed E-state index contributed by atoms with van der Waals surface area (Å²) in [6.45, 7) is 21.8. The summed E-state index contributed by atoms with van der Waals surface area (Å²) in [5, 5.41) is 0. The topological polar surface area (TPSA) is 62.5 Å². The molecule has 2 rings (SSSR count). The van der Waals surface area contributed by atoms with E-state index in [9.17, 15) is 9.59 Å². The molecule has 1 aromatic carbocycles. The Morgan fingerprint density at radius 3 is 2.17 bits per heavy atom. The van der Waals surface area contributed by atoms with E-state index in [-0.39, 0.29) is 17.1 Å². The lowest BCUT2D eigenvalue weighted by Crippen LogP contribution is -2.42. The van der Waals surface area contributed by atoms with E-state index in [2.05, 4.69) is 39.0 Å². The van der Waals surface area contributed by atoms with Crippen molar-refractivity contribution < 1.29 is 14.3 Å². The molecule has 2 aromatic rings. The largest absolute Gasteiger partial charge is 0.476 e. The van der Waals surface area contributed by atoms with Gasteiger partial charge in [-0.2, -0.15) is 0 Å². The maximum Gasteiger partial charge on any atom is 0.350 e. The lowest BCUT2D eigenvalue weighted by molar-refractivity contribution is -0.160. The number of carbonyl (C=O) groups excluding carboxylic acids is 1. The zero-order chi connectivity index (χ0) is 30.3. The molecule has 0 aliphatic carbocycles. The Bertz CT molecular complexity index is 1150. The third-order valence-electron chi connectivity index (χ3n) is 6.78. The molecule has 1 heterocycles. The molecule has 0 saturated heterocycles. The van der Waals surface area contributed by atoms with Gasteiger partial charge in [0, 0.05) is 18.4 Å². The summed E-state index contributed by atoms with van der Waals surface area (Å²) in [6, 6.07) is 7.90. The van der Waals surface area contributed by atoms with Crippen molar-refractivity contribution in [2.75, 3.05) is 6.61 Å². The molecule has 1 atom stereocenters. The number of hydrogen-bond acceptors (Lipinski definition) is 4. The van der Waals surface area contributed by atoms with Crippen molar-refractivity contribution in [1.82, 2.24) is 9.13 Å². The number of esters is 1. The third kappa shape index (κ3) is 10.9. The Morgan fingerprint density at radius 2 is 1.65 bits per heavy atom. The Hall–Kier alpha value is -3.02. The number of benzene rings is 1. The van der Waals surface area contributed by atoms with Gasteiger partial charge < -0.3 is 9.47 Å². The van der Waals surface area contributed by atoms with Crippen LogP contribution in [0.1, 0.15) is 99.8 Å². The van der Waals surface area contributed by atoms with Gasteiger partial charge in [0.2, 0.25) is 5.60 Å². The predicted molar refractivity (Wildman–Crippen MR) is 167 cm³/mol. The van der Waals surface area contributed by atoms with E-state index in [1.165, 1.54) is 5.56 Å². The lowest BCUT2D eigenvalue weighted by Gasteiger charge is -2.27. The first-order valence-electron chi connectivity index (χ1n) is 15.0. The van der Waals surface area contributed by atoms with Gasteiger partial charge in [-0.05, 0) is 88.5 Å². The fourth-order valence-corrected chi connectivity index (χ4v) is 4.23. The van der Waals surface area contributed by atoms with Crippen molar-refractivity contribution in [1.29, 1.82) is 0 Å². The zero-order valence-corrected chi connectivity index (χ0v) is 26.8. The van der Waals surface area contributed by atoms with Crippen LogP contribution < -0.4 is 10.4 Å². The van der Waals surface area contributed by atoms with Gasteiger partial charge >= 0.3 is 11.7 Å². The minimum Gasteiger partial charge on any atom is -0.476 e. The number of imidazole rings is 1. The van der Waals surface area contributed by atoms with Gasteiger partial charge in [0.15, 0.2) is 0 Å². The van der Waals surface area contributed by atoms with Crippen LogP contribution in [0.5, 0.6) is 5.75 Å². The van der Waals surface area contributed by atoms with E-state index < -0.39 is 5.60 Å². The van der Waals surface area contributed by atoms with Gasteiger partial charge in [0.05, 0.1) is 13.2 Å². The first kappa shape index (κ1) is 35.0. The van der Waals surface area contributed by atoms with E-state index in [0.29, 0.717) is 31.9 Å². The van der Waals surface area contributed by atoms with E-state index in [1.54, 1.807) is 13.8 Å². The van der Waals surface area contributed by atoms with Gasteiger partial charge in [-0.15, -0.1) is 0 Å². The number of nitrogens with zero attached hydrogens (tertiary/aromatic N) is 2. The Balaban J connectivity index is 0.00000391. The van der Waals surface area contributed by atoms with Crippen LogP contribution in [0.4, 0.5) is 0 Å². The molecule has 0 fully saturated rings. The summed E-state index contributed by atoms with van der Waals surface area (Å²) >= 11 is 0. The summed E-state index contributed by atoms with van der Waals surface area (Å²) in [7, 11) is 0. The number of allylic oxidation sites excluding steroid dienone is 4. The van der Waals surface area contributed by atoms with Crippen molar-refractivity contribution in [2.24, 2.45) is 5.41 Å². The maximum absolute atomic E-state index is 13.0. The van der Waals surface area contributed by atoms with Crippen LogP contribution in [0.15, 0.2) is 59.1 Å². The summed E-state index contributed by atoms with van der Waals surface area (Å²) < 4.78 is 14.9. The molecule has 0 spiro atoms. The number of aromatic nitrogens is 2. The number of carbonyl (C=O) groups is 1. The van der Waals surface area contributed by atoms with E-state index in [4.69, 9.17) is 9.47 Å². The van der Waals surface area contributed by atoms with Gasteiger partial charge in [0.25, 0.3) is 0 Å². The SMILES string of the molecule is C/C=C(\C=C/CC(C)(C)C)Cn1cc(CCCc2ccc(OC(C)(CC)C(=O)OCC)cc2)n(CC)c1=O.CC. The highest BCUT2D eigenvalue weighted by molar-refractivity contribution is 5.79. The highest BCUT2D eigenvalue weighted by Gasteiger charge is 2.35. The molecule has 0 radical (unpaired) electrons. The first-order valence-corrected chi connectivity index (χ1v) is 15.0. The predicted octanol–water partition coefficient (Wildman–Crippen LogP) is 7.92. The van der Waals surface area contributed by atoms with Gasteiger partial charge in [-0.3, -0.25) is 9.13 Å². The van der Waals surface area contributed by atoms with Crippen LogP contribution in [0.2, 0.25) is 0 Å². The van der Waals surface area contributed by atoms with Gasteiger partial charge in [-0.1, -0.05) is 71.9 Å². The van der Waals surface area contributed by atoms with Crippen molar-refractivity contribution in [2.45, 2.75) is 120 Å². The Labute approximate surface area is 243 Å². The monoisotopic (exact) mass is 554 g/mol. The second-order valence-electron chi connectivity index (χ2n) is 11.2. The molecule has 1 aromatic heterocycles.